The number of hydrogen-bond donors (Lipinski definition) is 4. The quantitative estimate of drug-likeness (QED) is 0.203. The molecule has 0 fully saturated rings. The van der Waals surface area contributed by atoms with E-state index in [2.05, 4.69) is 10.6 Å². The fourth-order valence-electron chi connectivity index (χ4n) is 3.82. The fourth-order valence-corrected chi connectivity index (χ4v) is 3.82. The molecule has 4 aromatic rings. The maximum Gasteiger partial charge on any atom is 0.414 e. The van der Waals surface area contributed by atoms with Crippen LogP contribution in [0.15, 0.2) is 103 Å². The topological polar surface area (TPSA) is 131 Å². The number of carbonyl (C=O) groups excluding carboxylic acids is 3. The summed E-state index contributed by atoms with van der Waals surface area (Å²) < 4.78 is 5.64. The normalized spacial score (nSPS) is 11.7. The number of alkyl carbamates (subject to hydrolysis) is 1. The average molecular weight is 496 g/mol. The number of hydrogen-bond acceptors (Lipinski definition) is 6. The number of carbonyl (C=O) groups is 3. The number of nitrogens with two attached hydrogens (primary N) is 1. The number of imide groups is 1. The number of nitrogen functional groups attached to an aromatic ring is 1. The van der Waals surface area contributed by atoms with Gasteiger partial charge in [0.05, 0.1) is 11.4 Å². The summed E-state index contributed by atoms with van der Waals surface area (Å²) in [5.74, 6) is -0.927. The van der Waals surface area contributed by atoms with Gasteiger partial charge in [0.1, 0.15) is 11.9 Å². The molecule has 0 aliphatic carbocycles. The van der Waals surface area contributed by atoms with E-state index in [4.69, 9.17) is 10.5 Å². The van der Waals surface area contributed by atoms with Crippen molar-refractivity contribution >= 4 is 40.1 Å². The van der Waals surface area contributed by atoms with E-state index in [1.807, 2.05) is 0 Å². The minimum absolute atomic E-state index is 0.0807. The molecule has 37 heavy (non-hydrogen) atoms. The monoisotopic (exact) mass is 495 g/mol. The largest absolute Gasteiger partial charge is 0.507 e. The minimum Gasteiger partial charge on any atom is -0.507 e. The van der Waals surface area contributed by atoms with Gasteiger partial charge in [-0.05, 0) is 41.8 Å². The van der Waals surface area contributed by atoms with Gasteiger partial charge in [0.2, 0.25) is 5.91 Å². The molecule has 1 atom stereocenters. The Morgan fingerprint density at radius 2 is 1.54 bits per heavy atom. The van der Waals surface area contributed by atoms with E-state index in [0.29, 0.717) is 33.3 Å². The van der Waals surface area contributed by atoms with Gasteiger partial charge in [-0.2, -0.15) is 0 Å². The molecule has 0 aliphatic heterocycles. The summed E-state index contributed by atoms with van der Waals surface area (Å²) in [4.78, 5) is 37.5. The summed E-state index contributed by atoms with van der Waals surface area (Å²) in [5, 5.41) is 16.4. The van der Waals surface area contributed by atoms with Crippen molar-refractivity contribution in [3.63, 3.8) is 0 Å². The first kappa shape index (κ1) is 25.0. The molecule has 0 heterocycles. The standard InChI is InChI=1S/C29H25N3O5/c30-23-13-6-7-14-24(23)31-27(34)16-8-15-26(22-17-18-25(33)21-12-5-4-11-20(21)22)37-29(36)32-28(35)19-9-2-1-3-10-19/h1-14,16-18,26,33H,15,30H2,(H,31,34)(H,32,35,36)/b16-8+/t26-/m0/s1. The zero-order valence-corrected chi connectivity index (χ0v) is 19.8. The van der Waals surface area contributed by atoms with Gasteiger partial charge in [0, 0.05) is 22.9 Å². The number of amides is 3. The molecule has 3 amide bonds. The second-order valence-electron chi connectivity index (χ2n) is 8.15. The number of anilines is 2. The first-order valence-corrected chi connectivity index (χ1v) is 11.5. The first-order chi connectivity index (χ1) is 17.9. The SMILES string of the molecule is Nc1ccccc1NC(=O)/C=C/C[C@H](OC(=O)NC(=O)c1ccccc1)c1ccc(O)c2ccccc12. The van der Waals surface area contributed by atoms with Crippen LogP contribution in [0.25, 0.3) is 10.8 Å². The highest BCUT2D eigenvalue weighted by molar-refractivity contribution is 6.03. The van der Waals surface area contributed by atoms with Gasteiger partial charge in [0.25, 0.3) is 5.91 Å². The number of nitrogens with one attached hydrogen (secondary N) is 2. The Labute approximate surface area is 213 Å². The smallest absolute Gasteiger partial charge is 0.414 e. The summed E-state index contributed by atoms with van der Waals surface area (Å²) in [6.07, 6.45) is 1.20. The molecule has 0 saturated heterocycles. The van der Waals surface area contributed by atoms with Gasteiger partial charge >= 0.3 is 6.09 Å². The lowest BCUT2D eigenvalue weighted by molar-refractivity contribution is -0.111. The van der Waals surface area contributed by atoms with Crippen LogP contribution >= 0.6 is 0 Å². The van der Waals surface area contributed by atoms with Crippen molar-refractivity contribution in [2.45, 2.75) is 12.5 Å². The zero-order valence-electron chi connectivity index (χ0n) is 19.8. The lowest BCUT2D eigenvalue weighted by Crippen LogP contribution is -2.32. The number of phenols is 1. The summed E-state index contributed by atoms with van der Waals surface area (Å²) in [6, 6.07) is 25.4. The van der Waals surface area contributed by atoms with Crippen LogP contribution in [-0.2, 0) is 9.53 Å². The van der Waals surface area contributed by atoms with Crippen molar-refractivity contribution in [3.8, 4) is 5.75 Å². The maximum absolute atomic E-state index is 12.7. The van der Waals surface area contributed by atoms with Crippen LogP contribution in [0.1, 0.15) is 28.4 Å². The second-order valence-corrected chi connectivity index (χ2v) is 8.15. The molecule has 8 heteroatoms. The van der Waals surface area contributed by atoms with Gasteiger partial charge in [-0.1, -0.05) is 66.7 Å². The Balaban J connectivity index is 1.54. The summed E-state index contributed by atoms with van der Waals surface area (Å²) >= 11 is 0. The lowest BCUT2D eigenvalue weighted by atomic mass is 9.97. The molecule has 0 bridgehead atoms. The van der Waals surface area contributed by atoms with Crippen LogP contribution in [0.2, 0.25) is 0 Å². The van der Waals surface area contributed by atoms with E-state index >= 15 is 0 Å². The van der Waals surface area contributed by atoms with Crippen LogP contribution in [-0.4, -0.2) is 23.0 Å². The molecule has 0 aliphatic rings. The van der Waals surface area contributed by atoms with E-state index in [9.17, 15) is 19.5 Å². The van der Waals surface area contributed by atoms with Gasteiger partial charge in [-0.25, -0.2) is 4.79 Å². The Bertz CT molecular complexity index is 1470. The third-order valence-electron chi connectivity index (χ3n) is 5.62. The van der Waals surface area contributed by atoms with Crippen molar-refractivity contribution in [2.24, 2.45) is 0 Å². The van der Waals surface area contributed by atoms with Crippen molar-refractivity contribution in [1.29, 1.82) is 0 Å². The number of rotatable bonds is 7. The number of phenolic OH excluding ortho intramolecular Hbond substituents is 1. The highest BCUT2D eigenvalue weighted by atomic mass is 16.6. The maximum atomic E-state index is 12.7. The van der Waals surface area contributed by atoms with E-state index in [1.54, 1.807) is 91.0 Å². The zero-order chi connectivity index (χ0) is 26.2. The highest BCUT2D eigenvalue weighted by Gasteiger charge is 2.21. The Kier molecular flexibility index (Phi) is 7.80. The molecular formula is C29H25N3O5. The van der Waals surface area contributed by atoms with Crippen LogP contribution < -0.4 is 16.4 Å². The van der Waals surface area contributed by atoms with E-state index in [0.717, 1.165) is 0 Å². The Morgan fingerprint density at radius 1 is 0.865 bits per heavy atom. The summed E-state index contributed by atoms with van der Waals surface area (Å²) in [5.41, 5.74) is 7.70. The van der Waals surface area contributed by atoms with E-state index < -0.39 is 24.0 Å². The van der Waals surface area contributed by atoms with Gasteiger partial charge in [-0.15, -0.1) is 0 Å². The third kappa shape index (κ3) is 6.32. The molecule has 0 unspecified atom stereocenters. The second kappa shape index (κ2) is 11.5. The molecule has 0 saturated carbocycles. The molecule has 4 aromatic carbocycles. The summed E-state index contributed by atoms with van der Waals surface area (Å²) in [6.45, 7) is 0. The van der Waals surface area contributed by atoms with Crippen LogP contribution in [0.4, 0.5) is 16.2 Å². The number of para-hydroxylation sites is 2. The Hall–Kier alpha value is -5.11. The number of ether oxygens (including phenoxy) is 1. The van der Waals surface area contributed by atoms with Gasteiger partial charge in [0.15, 0.2) is 0 Å². The predicted molar refractivity (Wildman–Crippen MR) is 142 cm³/mol. The van der Waals surface area contributed by atoms with Crippen molar-refractivity contribution in [3.05, 3.63) is 114 Å². The lowest BCUT2D eigenvalue weighted by Gasteiger charge is -2.19. The summed E-state index contributed by atoms with van der Waals surface area (Å²) in [7, 11) is 0. The van der Waals surface area contributed by atoms with Crippen molar-refractivity contribution < 1.29 is 24.2 Å². The molecule has 0 radical (unpaired) electrons. The minimum atomic E-state index is -0.939. The third-order valence-corrected chi connectivity index (χ3v) is 5.62. The first-order valence-electron chi connectivity index (χ1n) is 11.5. The molecule has 8 nitrogen and oxygen atoms in total. The van der Waals surface area contributed by atoms with Crippen LogP contribution in [0.5, 0.6) is 5.75 Å². The van der Waals surface area contributed by atoms with Crippen LogP contribution in [0, 0.1) is 0 Å². The van der Waals surface area contributed by atoms with Gasteiger partial charge < -0.3 is 20.9 Å². The van der Waals surface area contributed by atoms with Crippen molar-refractivity contribution in [2.75, 3.05) is 11.1 Å². The van der Waals surface area contributed by atoms with E-state index in [-0.39, 0.29) is 12.2 Å². The number of aromatic hydroxyl groups is 1. The molecule has 186 valence electrons. The predicted octanol–water partition coefficient (Wildman–Crippen LogP) is 5.32. The average Bonchev–Trinajstić information content (AvgIpc) is 2.90. The molecule has 0 spiro atoms. The van der Waals surface area contributed by atoms with Crippen molar-refractivity contribution in [1.82, 2.24) is 5.32 Å². The molecule has 5 N–H and O–H groups in total. The highest BCUT2D eigenvalue weighted by Crippen LogP contribution is 2.34. The number of benzene rings is 4. The fraction of sp³-hybridized carbons (Fsp3) is 0.0690. The molecule has 0 aromatic heterocycles. The van der Waals surface area contributed by atoms with Crippen LogP contribution in [0.3, 0.4) is 0 Å². The molecular weight excluding hydrogens is 470 g/mol. The Morgan fingerprint density at radius 3 is 2.30 bits per heavy atom. The van der Waals surface area contributed by atoms with Gasteiger partial charge in [-0.3, -0.25) is 14.9 Å². The number of fused-ring (bicyclic) bond motifs is 1. The van der Waals surface area contributed by atoms with E-state index in [1.165, 1.54) is 12.1 Å². The molecule has 4 rings (SSSR count).